The number of rotatable bonds is 8. The maximum atomic E-state index is 11.6. The Morgan fingerprint density at radius 3 is 2.62 bits per heavy atom. The van der Waals surface area contributed by atoms with E-state index < -0.39 is 0 Å². The van der Waals surface area contributed by atoms with E-state index in [4.69, 9.17) is 4.74 Å². The Bertz CT molecular complexity index is 539. The molecule has 0 amide bonds. The molecule has 0 bridgehead atoms. The summed E-state index contributed by atoms with van der Waals surface area (Å²) in [6.07, 6.45) is 7.43. The van der Waals surface area contributed by atoms with Crippen LogP contribution in [0.4, 0.5) is 5.69 Å². The van der Waals surface area contributed by atoms with Gasteiger partial charge in [0.2, 0.25) is 0 Å². The molecule has 24 heavy (non-hydrogen) atoms. The number of hydrogen-bond acceptors (Lipinski definition) is 5. The van der Waals surface area contributed by atoms with E-state index in [2.05, 4.69) is 16.8 Å². The second-order valence-electron chi connectivity index (χ2n) is 6.46. The van der Waals surface area contributed by atoms with Crippen molar-refractivity contribution in [3.05, 3.63) is 24.0 Å². The SMILES string of the molecule is CCOC(=O)CC1CCC(CN(CC)c2cccnc2C=O)CC1. The zero-order valence-electron chi connectivity index (χ0n) is 14.7. The number of pyridine rings is 1. The van der Waals surface area contributed by atoms with Gasteiger partial charge in [-0.05, 0) is 63.5 Å². The van der Waals surface area contributed by atoms with Gasteiger partial charge in [0.05, 0.1) is 12.3 Å². The van der Waals surface area contributed by atoms with Crippen LogP contribution in [0.15, 0.2) is 18.3 Å². The Morgan fingerprint density at radius 1 is 1.29 bits per heavy atom. The summed E-state index contributed by atoms with van der Waals surface area (Å²) in [6.45, 7) is 6.21. The molecule has 1 aliphatic rings. The van der Waals surface area contributed by atoms with Crippen LogP contribution >= 0.6 is 0 Å². The van der Waals surface area contributed by atoms with Crippen molar-refractivity contribution >= 4 is 17.9 Å². The van der Waals surface area contributed by atoms with Crippen LogP contribution in [0.5, 0.6) is 0 Å². The van der Waals surface area contributed by atoms with Crippen LogP contribution in [0.25, 0.3) is 0 Å². The summed E-state index contributed by atoms with van der Waals surface area (Å²) in [6, 6.07) is 3.84. The zero-order valence-corrected chi connectivity index (χ0v) is 14.7. The standard InChI is InChI=1S/C19H28N2O3/c1-3-21(18-6-5-11-20-17(18)14-22)13-16-9-7-15(8-10-16)12-19(23)24-4-2/h5-6,11,14-16H,3-4,7-10,12-13H2,1-2H3. The van der Waals surface area contributed by atoms with Crippen LogP contribution in [0.3, 0.4) is 0 Å². The highest BCUT2D eigenvalue weighted by molar-refractivity contribution is 5.81. The van der Waals surface area contributed by atoms with Gasteiger partial charge in [-0.1, -0.05) is 0 Å². The topological polar surface area (TPSA) is 59.5 Å². The van der Waals surface area contributed by atoms with Gasteiger partial charge < -0.3 is 9.64 Å². The van der Waals surface area contributed by atoms with Gasteiger partial charge in [0.25, 0.3) is 0 Å². The molecule has 1 fully saturated rings. The number of ether oxygens (including phenoxy) is 1. The molecule has 0 aromatic carbocycles. The fraction of sp³-hybridized carbons (Fsp3) is 0.632. The molecule has 1 aliphatic carbocycles. The van der Waals surface area contributed by atoms with Crippen LogP contribution in [0.1, 0.15) is 56.4 Å². The summed E-state index contributed by atoms with van der Waals surface area (Å²) in [5.41, 5.74) is 1.43. The average molecular weight is 332 g/mol. The first-order valence-corrected chi connectivity index (χ1v) is 8.98. The molecule has 1 heterocycles. The number of esters is 1. The quantitative estimate of drug-likeness (QED) is 0.539. The lowest BCUT2D eigenvalue weighted by molar-refractivity contribution is -0.144. The Labute approximate surface area is 144 Å². The highest BCUT2D eigenvalue weighted by Gasteiger charge is 2.25. The van der Waals surface area contributed by atoms with Crippen LogP contribution < -0.4 is 4.90 Å². The summed E-state index contributed by atoms with van der Waals surface area (Å²) in [5.74, 6) is 0.990. The van der Waals surface area contributed by atoms with Gasteiger partial charge in [-0.2, -0.15) is 0 Å². The van der Waals surface area contributed by atoms with Crippen molar-refractivity contribution in [3.63, 3.8) is 0 Å². The molecule has 0 spiro atoms. The maximum absolute atomic E-state index is 11.6. The first kappa shape index (κ1) is 18.4. The molecule has 1 aromatic heterocycles. The second kappa shape index (κ2) is 9.40. The monoisotopic (exact) mass is 332 g/mol. The molecular weight excluding hydrogens is 304 g/mol. The molecule has 5 nitrogen and oxygen atoms in total. The fourth-order valence-corrected chi connectivity index (χ4v) is 3.55. The predicted molar refractivity (Wildman–Crippen MR) is 94.2 cm³/mol. The van der Waals surface area contributed by atoms with Crippen molar-refractivity contribution in [3.8, 4) is 0 Å². The highest BCUT2D eigenvalue weighted by atomic mass is 16.5. The molecule has 0 radical (unpaired) electrons. The minimum Gasteiger partial charge on any atom is -0.466 e. The maximum Gasteiger partial charge on any atom is 0.306 e. The molecule has 132 valence electrons. The average Bonchev–Trinajstić information content (AvgIpc) is 2.61. The van der Waals surface area contributed by atoms with Crippen LogP contribution in [0, 0.1) is 11.8 Å². The third-order valence-corrected chi connectivity index (χ3v) is 4.86. The van der Waals surface area contributed by atoms with Gasteiger partial charge >= 0.3 is 5.97 Å². The van der Waals surface area contributed by atoms with E-state index in [0.717, 1.165) is 50.7 Å². The number of aldehydes is 1. The Balaban J connectivity index is 1.87. The van der Waals surface area contributed by atoms with Crippen LogP contribution in [-0.4, -0.2) is 36.9 Å². The summed E-state index contributed by atoms with van der Waals surface area (Å²) in [7, 11) is 0. The summed E-state index contributed by atoms with van der Waals surface area (Å²) < 4.78 is 5.05. The first-order chi connectivity index (χ1) is 11.7. The van der Waals surface area contributed by atoms with E-state index in [1.807, 2.05) is 19.1 Å². The Hall–Kier alpha value is -1.91. The summed E-state index contributed by atoms with van der Waals surface area (Å²) >= 11 is 0. The molecule has 1 saturated carbocycles. The lowest BCUT2D eigenvalue weighted by atomic mass is 9.80. The molecule has 0 aliphatic heterocycles. The predicted octanol–water partition coefficient (Wildman–Crippen LogP) is 3.48. The number of aromatic nitrogens is 1. The van der Waals surface area contributed by atoms with E-state index in [1.54, 1.807) is 6.20 Å². The zero-order chi connectivity index (χ0) is 17.4. The van der Waals surface area contributed by atoms with Crippen molar-refractivity contribution in [1.82, 2.24) is 4.98 Å². The minimum atomic E-state index is -0.0675. The normalized spacial score (nSPS) is 20.4. The number of anilines is 1. The van der Waals surface area contributed by atoms with Crippen molar-refractivity contribution in [2.75, 3.05) is 24.6 Å². The van der Waals surface area contributed by atoms with Gasteiger partial charge in [-0.25, -0.2) is 0 Å². The first-order valence-electron chi connectivity index (χ1n) is 8.98. The second-order valence-corrected chi connectivity index (χ2v) is 6.46. The van der Waals surface area contributed by atoms with Crippen molar-refractivity contribution in [2.24, 2.45) is 11.8 Å². The van der Waals surface area contributed by atoms with E-state index in [0.29, 0.717) is 30.6 Å². The van der Waals surface area contributed by atoms with E-state index in [1.165, 1.54) is 0 Å². The summed E-state index contributed by atoms with van der Waals surface area (Å²) in [4.78, 5) is 29.2. The van der Waals surface area contributed by atoms with Crippen LogP contribution in [0.2, 0.25) is 0 Å². The van der Waals surface area contributed by atoms with Crippen LogP contribution in [-0.2, 0) is 9.53 Å². The fourth-order valence-electron chi connectivity index (χ4n) is 3.55. The molecule has 1 aromatic rings. The van der Waals surface area contributed by atoms with Gasteiger partial charge in [-0.3, -0.25) is 14.6 Å². The van der Waals surface area contributed by atoms with E-state index >= 15 is 0 Å². The molecule has 5 heteroatoms. The third-order valence-electron chi connectivity index (χ3n) is 4.86. The minimum absolute atomic E-state index is 0.0675. The summed E-state index contributed by atoms with van der Waals surface area (Å²) in [5, 5.41) is 0. The van der Waals surface area contributed by atoms with E-state index in [-0.39, 0.29) is 5.97 Å². The van der Waals surface area contributed by atoms with Gasteiger partial charge in [-0.15, -0.1) is 0 Å². The smallest absolute Gasteiger partial charge is 0.306 e. The molecule has 0 atom stereocenters. The number of nitrogens with zero attached hydrogens (tertiary/aromatic N) is 2. The highest BCUT2D eigenvalue weighted by Crippen LogP contribution is 2.32. The lowest BCUT2D eigenvalue weighted by Gasteiger charge is -2.33. The number of carbonyl (C=O) groups is 2. The molecule has 0 saturated heterocycles. The van der Waals surface area contributed by atoms with Crippen molar-refractivity contribution < 1.29 is 14.3 Å². The molecule has 2 rings (SSSR count). The molecular formula is C19H28N2O3. The Morgan fingerprint density at radius 2 is 2.00 bits per heavy atom. The van der Waals surface area contributed by atoms with Gasteiger partial charge in [0, 0.05) is 25.7 Å². The van der Waals surface area contributed by atoms with E-state index in [9.17, 15) is 9.59 Å². The largest absolute Gasteiger partial charge is 0.466 e. The number of hydrogen-bond donors (Lipinski definition) is 0. The van der Waals surface area contributed by atoms with Gasteiger partial charge in [0.1, 0.15) is 5.69 Å². The van der Waals surface area contributed by atoms with Crippen molar-refractivity contribution in [2.45, 2.75) is 46.0 Å². The van der Waals surface area contributed by atoms with Gasteiger partial charge in [0.15, 0.2) is 6.29 Å². The molecule has 0 unspecified atom stereocenters. The Kier molecular flexibility index (Phi) is 7.22. The third kappa shape index (κ3) is 5.05. The number of carbonyl (C=O) groups excluding carboxylic acids is 2. The molecule has 0 N–H and O–H groups in total. The lowest BCUT2D eigenvalue weighted by Crippen LogP contribution is -2.32. The van der Waals surface area contributed by atoms with Crippen molar-refractivity contribution in [1.29, 1.82) is 0 Å².